The summed E-state index contributed by atoms with van der Waals surface area (Å²) in [6, 6.07) is 14.4. The lowest BCUT2D eigenvalue weighted by molar-refractivity contribution is 0.594. The lowest BCUT2D eigenvalue weighted by Gasteiger charge is -2.21. The van der Waals surface area contributed by atoms with Crippen molar-refractivity contribution in [2.75, 3.05) is 30.3 Å². The van der Waals surface area contributed by atoms with Gasteiger partial charge >= 0.3 is 0 Å². The number of rotatable bonds is 4. The van der Waals surface area contributed by atoms with E-state index in [2.05, 4.69) is 0 Å². The highest BCUT2D eigenvalue weighted by Gasteiger charge is 2.21. The van der Waals surface area contributed by atoms with E-state index in [1.165, 1.54) is 4.31 Å². The molecule has 0 spiro atoms. The van der Waals surface area contributed by atoms with Gasteiger partial charge in [-0.15, -0.1) is 0 Å². The summed E-state index contributed by atoms with van der Waals surface area (Å²) < 4.78 is 26.5. The van der Waals surface area contributed by atoms with E-state index in [4.69, 9.17) is 0 Å². The van der Waals surface area contributed by atoms with Gasteiger partial charge < -0.3 is 4.90 Å². The van der Waals surface area contributed by atoms with Crippen LogP contribution in [0.3, 0.4) is 0 Å². The van der Waals surface area contributed by atoms with Crippen LogP contribution in [0.5, 0.6) is 0 Å². The Kier molecular flexibility index (Phi) is 4.28. The molecular weight excluding hydrogens is 283 g/mol. The van der Waals surface area contributed by atoms with Gasteiger partial charge in [-0.05, 0) is 36.4 Å². The molecule has 0 atom stereocenters. The Morgan fingerprint density at radius 2 is 1.48 bits per heavy atom. The zero-order valence-corrected chi connectivity index (χ0v) is 13.6. The summed E-state index contributed by atoms with van der Waals surface area (Å²) >= 11 is 0. The smallest absolute Gasteiger partial charge is 0.264 e. The number of anilines is 2. The van der Waals surface area contributed by atoms with Crippen molar-refractivity contribution in [2.45, 2.75) is 4.90 Å². The first-order valence-electron chi connectivity index (χ1n) is 6.65. The topological polar surface area (TPSA) is 40.6 Å². The van der Waals surface area contributed by atoms with Gasteiger partial charge in [0, 0.05) is 26.8 Å². The summed E-state index contributed by atoms with van der Waals surface area (Å²) in [5.41, 5.74) is 2.59. The molecule has 0 aliphatic heterocycles. The Morgan fingerprint density at radius 3 is 2.00 bits per heavy atom. The third-order valence-electron chi connectivity index (χ3n) is 3.38. The zero-order chi connectivity index (χ0) is 15.6. The molecule has 0 saturated heterocycles. The lowest BCUT2D eigenvalue weighted by Crippen LogP contribution is -2.27. The monoisotopic (exact) mass is 302 g/mol. The lowest BCUT2D eigenvalue weighted by atomic mass is 9.97. The Balaban J connectivity index is 2.36. The molecule has 0 aromatic heterocycles. The van der Waals surface area contributed by atoms with Crippen LogP contribution < -0.4 is 14.7 Å². The van der Waals surface area contributed by atoms with Crippen molar-refractivity contribution < 1.29 is 8.42 Å². The number of nitrogens with zero attached hydrogens (tertiary/aromatic N) is 2. The molecule has 4 nitrogen and oxygen atoms in total. The third-order valence-corrected chi connectivity index (χ3v) is 5.16. The zero-order valence-electron chi connectivity index (χ0n) is 12.7. The van der Waals surface area contributed by atoms with Crippen LogP contribution in [0.4, 0.5) is 11.4 Å². The highest BCUT2D eigenvalue weighted by molar-refractivity contribution is 7.92. The van der Waals surface area contributed by atoms with Crippen LogP contribution in [-0.4, -0.2) is 37.4 Å². The van der Waals surface area contributed by atoms with Crippen molar-refractivity contribution in [3.05, 3.63) is 48.5 Å². The maximum Gasteiger partial charge on any atom is 0.264 e. The Bertz CT molecular complexity index is 728. The highest BCUT2D eigenvalue weighted by Crippen LogP contribution is 2.23. The van der Waals surface area contributed by atoms with Crippen LogP contribution in [0.25, 0.3) is 0 Å². The average molecular weight is 302 g/mol. The molecular formula is C15H19BN2O2S. The maximum absolute atomic E-state index is 12.6. The predicted octanol–water partition coefficient (Wildman–Crippen LogP) is 0.836. The number of benzene rings is 2. The summed E-state index contributed by atoms with van der Waals surface area (Å²) in [6.07, 6.45) is 0. The van der Waals surface area contributed by atoms with Gasteiger partial charge in [0.05, 0.1) is 10.6 Å². The van der Waals surface area contributed by atoms with Crippen LogP contribution >= 0.6 is 0 Å². The Morgan fingerprint density at radius 1 is 0.905 bits per heavy atom. The SMILES string of the molecule is Bc1cccc(S(=O)(=O)N(C)c2ccc(N(C)C)cc2)c1. The van der Waals surface area contributed by atoms with Crippen molar-refractivity contribution in [1.29, 1.82) is 0 Å². The van der Waals surface area contributed by atoms with Gasteiger partial charge in [-0.25, -0.2) is 8.42 Å². The molecule has 0 radical (unpaired) electrons. The quantitative estimate of drug-likeness (QED) is 0.786. The normalized spacial score (nSPS) is 11.2. The van der Waals surface area contributed by atoms with E-state index in [9.17, 15) is 8.42 Å². The largest absolute Gasteiger partial charge is 0.378 e. The van der Waals surface area contributed by atoms with Gasteiger partial charge in [0.15, 0.2) is 0 Å². The van der Waals surface area contributed by atoms with Gasteiger partial charge in [-0.1, -0.05) is 17.6 Å². The van der Waals surface area contributed by atoms with Gasteiger partial charge in [0.2, 0.25) is 0 Å². The summed E-state index contributed by atoms with van der Waals surface area (Å²) in [6.45, 7) is 0. The number of hydrogen-bond acceptors (Lipinski definition) is 3. The maximum atomic E-state index is 12.6. The van der Waals surface area contributed by atoms with Crippen LogP contribution in [0, 0.1) is 0 Å². The van der Waals surface area contributed by atoms with Gasteiger partial charge in [-0.2, -0.15) is 0 Å². The minimum atomic E-state index is -3.53. The first kappa shape index (κ1) is 15.4. The van der Waals surface area contributed by atoms with Crippen LogP contribution in [-0.2, 0) is 10.0 Å². The first-order chi connectivity index (χ1) is 9.82. The molecule has 110 valence electrons. The average Bonchev–Trinajstić information content (AvgIpc) is 2.46. The van der Waals surface area contributed by atoms with E-state index in [1.54, 1.807) is 25.2 Å². The first-order valence-corrected chi connectivity index (χ1v) is 8.09. The molecule has 0 amide bonds. The van der Waals surface area contributed by atoms with E-state index in [0.717, 1.165) is 11.2 Å². The summed E-state index contributed by atoms with van der Waals surface area (Å²) in [5.74, 6) is 0. The van der Waals surface area contributed by atoms with Gasteiger partial charge in [-0.3, -0.25) is 4.31 Å². The van der Waals surface area contributed by atoms with Crippen molar-refractivity contribution in [1.82, 2.24) is 0 Å². The molecule has 0 unspecified atom stereocenters. The molecule has 0 N–H and O–H groups in total. The van der Waals surface area contributed by atoms with Gasteiger partial charge in [0.1, 0.15) is 7.85 Å². The Hall–Kier alpha value is -1.95. The summed E-state index contributed by atoms with van der Waals surface area (Å²) in [7, 11) is 3.82. The standard InChI is InChI=1S/C15H19BN2O2S/c1-17(2)13-7-9-14(10-8-13)18(3)21(19,20)15-6-4-5-12(16)11-15/h4-11H,16H2,1-3H3. The number of hydrogen-bond donors (Lipinski definition) is 0. The molecule has 0 bridgehead atoms. The second-order valence-corrected chi connectivity index (χ2v) is 7.17. The molecule has 6 heteroatoms. The number of sulfonamides is 1. The van der Waals surface area contributed by atoms with Crippen molar-refractivity contribution in [2.24, 2.45) is 0 Å². The molecule has 0 heterocycles. The van der Waals surface area contributed by atoms with Crippen molar-refractivity contribution in [3.8, 4) is 0 Å². The van der Waals surface area contributed by atoms with Crippen LogP contribution in [0.15, 0.2) is 53.4 Å². The van der Waals surface area contributed by atoms with Gasteiger partial charge in [0.25, 0.3) is 10.0 Å². The molecule has 0 fully saturated rings. The molecule has 2 rings (SSSR count). The van der Waals surface area contributed by atoms with E-state index in [-0.39, 0.29) is 0 Å². The highest BCUT2D eigenvalue weighted by atomic mass is 32.2. The third kappa shape index (κ3) is 3.21. The van der Waals surface area contributed by atoms with E-state index in [0.29, 0.717) is 10.6 Å². The molecule has 0 saturated carbocycles. The fourth-order valence-corrected chi connectivity index (χ4v) is 3.33. The second kappa shape index (κ2) is 5.81. The van der Waals surface area contributed by atoms with E-state index in [1.807, 2.05) is 57.2 Å². The molecule has 0 aliphatic carbocycles. The van der Waals surface area contributed by atoms with E-state index >= 15 is 0 Å². The minimum absolute atomic E-state index is 0.307. The Labute approximate surface area is 127 Å². The predicted molar refractivity (Wildman–Crippen MR) is 91.0 cm³/mol. The summed E-state index contributed by atoms with van der Waals surface area (Å²) in [4.78, 5) is 2.28. The van der Waals surface area contributed by atoms with Crippen LogP contribution in [0.1, 0.15) is 0 Å². The minimum Gasteiger partial charge on any atom is -0.378 e. The molecule has 0 aliphatic rings. The molecule has 21 heavy (non-hydrogen) atoms. The molecule has 2 aromatic carbocycles. The van der Waals surface area contributed by atoms with E-state index < -0.39 is 10.0 Å². The fraction of sp³-hybridized carbons (Fsp3) is 0.200. The van der Waals surface area contributed by atoms with Crippen LogP contribution in [0.2, 0.25) is 0 Å². The molecule has 2 aromatic rings. The second-order valence-electron chi connectivity index (χ2n) is 5.20. The fourth-order valence-electron chi connectivity index (χ4n) is 2.03. The van der Waals surface area contributed by atoms with Crippen molar-refractivity contribution in [3.63, 3.8) is 0 Å². The summed E-state index contributed by atoms with van der Waals surface area (Å²) in [5, 5.41) is 0. The van der Waals surface area contributed by atoms with Crippen molar-refractivity contribution >= 4 is 34.7 Å².